The Balaban J connectivity index is 1.80. The summed E-state index contributed by atoms with van der Waals surface area (Å²) >= 11 is 0. The molecule has 0 saturated carbocycles. The van der Waals surface area contributed by atoms with Gasteiger partial charge >= 0.3 is 0 Å². The third kappa shape index (κ3) is 6.78. The van der Waals surface area contributed by atoms with Crippen molar-refractivity contribution in [1.82, 2.24) is 4.90 Å². The number of amides is 1. The quantitative estimate of drug-likeness (QED) is 0.635. The molecular formula is C23H38N2O3. The number of likely N-dealkylation sites (tertiary alicyclic amines) is 1. The number of unbranched alkanes of at least 4 members (excludes halogenated alkanes) is 1. The minimum absolute atomic E-state index is 0.106. The van der Waals surface area contributed by atoms with E-state index in [4.69, 9.17) is 9.47 Å². The summed E-state index contributed by atoms with van der Waals surface area (Å²) in [6.07, 6.45) is 4.03. The molecule has 1 heterocycles. The normalized spacial score (nSPS) is 22.5. The summed E-state index contributed by atoms with van der Waals surface area (Å²) in [7, 11) is 1.59. The summed E-state index contributed by atoms with van der Waals surface area (Å²) in [6, 6.07) is 7.59. The zero-order valence-electron chi connectivity index (χ0n) is 18.3. The summed E-state index contributed by atoms with van der Waals surface area (Å²) in [4.78, 5) is 15.1. The summed E-state index contributed by atoms with van der Waals surface area (Å²) in [6.45, 7) is 12.6. The molecule has 158 valence electrons. The van der Waals surface area contributed by atoms with Crippen molar-refractivity contribution in [2.24, 2.45) is 11.8 Å². The van der Waals surface area contributed by atoms with Crippen LogP contribution < -0.4 is 10.1 Å². The third-order valence-electron chi connectivity index (χ3n) is 5.67. The second kappa shape index (κ2) is 10.8. The second-order valence-corrected chi connectivity index (χ2v) is 8.57. The van der Waals surface area contributed by atoms with E-state index in [1.165, 1.54) is 6.42 Å². The van der Waals surface area contributed by atoms with Crippen LogP contribution in [-0.2, 0) is 9.53 Å². The Hall–Kier alpha value is -1.59. The van der Waals surface area contributed by atoms with Crippen LogP contribution in [0.25, 0.3) is 0 Å². The van der Waals surface area contributed by atoms with Gasteiger partial charge in [-0.2, -0.15) is 0 Å². The number of piperidine rings is 1. The lowest BCUT2D eigenvalue weighted by molar-refractivity contribution is -0.136. The SMILES string of the molecule is CCCC[C@@](C)(OC)C(=O)Nc1ccc(OCCN2C[C@H](C)C[C@H](C)C2)cc1. The lowest BCUT2D eigenvalue weighted by Crippen LogP contribution is -2.41. The standard InChI is InChI=1S/C23H38N2O3/c1-6-7-12-23(4,27-5)22(26)24-20-8-10-21(11-9-20)28-14-13-25-16-18(2)15-19(3)17-25/h8-11,18-19H,6-7,12-17H2,1-5H3,(H,24,26)/t18-,19+,23-/m1/s1. The van der Waals surface area contributed by atoms with Gasteiger partial charge in [-0.25, -0.2) is 0 Å². The first-order chi connectivity index (χ1) is 13.4. The molecule has 0 radical (unpaired) electrons. The number of carbonyl (C=O) groups is 1. The van der Waals surface area contributed by atoms with Gasteiger partial charge in [0.1, 0.15) is 18.0 Å². The number of nitrogens with zero attached hydrogens (tertiary/aromatic N) is 1. The fourth-order valence-corrected chi connectivity index (χ4v) is 3.99. The van der Waals surface area contributed by atoms with E-state index < -0.39 is 5.60 Å². The Labute approximate surface area is 170 Å². The zero-order chi connectivity index (χ0) is 20.6. The molecule has 5 heteroatoms. The number of rotatable bonds is 10. The summed E-state index contributed by atoms with van der Waals surface area (Å²) < 4.78 is 11.4. The van der Waals surface area contributed by atoms with Gasteiger partial charge in [-0.3, -0.25) is 9.69 Å². The average molecular weight is 391 g/mol. The van der Waals surface area contributed by atoms with Crippen molar-refractivity contribution in [2.45, 2.75) is 59.0 Å². The molecule has 1 aromatic carbocycles. The second-order valence-electron chi connectivity index (χ2n) is 8.57. The van der Waals surface area contributed by atoms with E-state index in [0.29, 0.717) is 13.0 Å². The van der Waals surface area contributed by atoms with Crippen molar-refractivity contribution in [1.29, 1.82) is 0 Å². The number of benzene rings is 1. The highest BCUT2D eigenvalue weighted by Crippen LogP contribution is 2.23. The molecule has 1 aromatic rings. The molecular weight excluding hydrogens is 352 g/mol. The van der Waals surface area contributed by atoms with Gasteiger partial charge in [0.2, 0.25) is 0 Å². The number of hydrogen-bond donors (Lipinski definition) is 1. The van der Waals surface area contributed by atoms with Gasteiger partial charge in [-0.1, -0.05) is 33.6 Å². The summed E-state index contributed by atoms with van der Waals surface area (Å²) in [5.41, 5.74) is -0.0377. The first-order valence-corrected chi connectivity index (χ1v) is 10.7. The Bertz CT molecular complexity index is 594. The number of ether oxygens (including phenoxy) is 2. The maximum atomic E-state index is 12.6. The minimum Gasteiger partial charge on any atom is -0.492 e. The van der Waals surface area contributed by atoms with Gasteiger partial charge in [0.15, 0.2) is 0 Å². The Morgan fingerprint density at radius 3 is 2.43 bits per heavy atom. The number of anilines is 1. The Morgan fingerprint density at radius 1 is 1.21 bits per heavy atom. The monoisotopic (exact) mass is 390 g/mol. The van der Waals surface area contributed by atoms with Crippen molar-refractivity contribution < 1.29 is 14.3 Å². The van der Waals surface area contributed by atoms with E-state index in [1.54, 1.807) is 7.11 Å². The molecule has 1 fully saturated rings. The molecule has 0 bridgehead atoms. The number of hydrogen-bond acceptors (Lipinski definition) is 4. The lowest BCUT2D eigenvalue weighted by Gasteiger charge is -2.34. The van der Waals surface area contributed by atoms with Gasteiger partial charge in [-0.15, -0.1) is 0 Å². The lowest BCUT2D eigenvalue weighted by atomic mass is 9.92. The molecule has 1 saturated heterocycles. The van der Waals surface area contributed by atoms with E-state index in [2.05, 4.69) is 31.0 Å². The Morgan fingerprint density at radius 2 is 1.86 bits per heavy atom. The predicted octanol–water partition coefficient (Wildman–Crippen LogP) is 4.58. The highest BCUT2D eigenvalue weighted by Gasteiger charge is 2.32. The maximum absolute atomic E-state index is 12.6. The first kappa shape index (κ1) is 22.7. The van der Waals surface area contributed by atoms with E-state index in [-0.39, 0.29) is 5.91 Å². The molecule has 0 spiro atoms. The van der Waals surface area contributed by atoms with Crippen LogP contribution in [0, 0.1) is 11.8 Å². The van der Waals surface area contributed by atoms with Gasteiger partial charge in [0.05, 0.1) is 0 Å². The van der Waals surface area contributed by atoms with Crippen molar-refractivity contribution in [2.75, 3.05) is 38.7 Å². The molecule has 0 aliphatic carbocycles. The molecule has 2 rings (SSSR count). The van der Waals surface area contributed by atoms with Crippen LogP contribution in [0.5, 0.6) is 5.75 Å². The van der Waals surface area contributed by atoms with Crippen molar-refractivity contribution in [3.05, 3.63) is 24.3 Å². The van der Waals surface area contributed by atoms with Crippen LogP contribution in [0.3, 0.4) is 0 Å². The molecule has 1 aliphatic heterocycles. The van der Waals surface area contributed by atoms with Crippen LogP contribution in [0.1, 0.15) is 53.4 Å². The topological polar surface area (TPSA) is 50.8 Å². The van der Waals surface area contributed by atoms with Crippen LogP contribution in [0.4, 0.5) is 5.69 Å². The summed E-state index contributed by atoms with van der Waals surface area (Å²) in [5, 5.41) is 2.96. The average Bonchev–Trinajstić information content (AvgIpc) is 2.66. The van der Waals surface area contributed by atoms with Crippen LogP contribution >= 0.6 is 0 Å². The van der Waals surface area contributed by atoms with Gasteiger partial charge < -0.3 is 14.8 Å². The molecule has 0 aromatic heterocycles. The van der Waals surface area contributed by atoms with Crippen molar-refractivity contribution in [3.8, 4) is 5.75 Å². The fraction of sp³-hybridized carbons (Fsp3) is 0.696. The van der Waals surface area contributed by atoms with E-state index in [0.717, 1.165) is 55.7 Å². The molecule has 28 heavy (non-hydrogen) atoms. The highest BCUT2D eigenvalue weighted by molar-refractivity contribution is 5.97. The maximum Gasteiger partial charge on any atom is 0.256 e. The molecule has 0 unspecified atom stereocenters. The number of carbonyl (C=O) groups excluding carboxylic acids is 1. The Kier molecular flexibility index (Phi) is 8.77. The van der Waals surface area contributed by atoms with Crippen LogP contribution in [0.2, 0.25) is 0 Å². The van der Waals surface area contributed by atoms with Crippen LogP contribution in [0.15, 0.2) is 24.3 Å². The van der Waals surface area contributed by atoms with E-state index >= 15 is 0 Å². The third-order valence-corrected chi connectivity index (χ3v) is 5.67. The molecule has 1 amide bonds. The zero-order valence-corrected chi connectivity index (χ0v) is 18.3. The predicted molar refractivity (Wildman–Crippen MR) is 115 cm³/mol. The number of methoxy groups -OCH3 is 1. The van der Waals surface area contributed by atoms with Gasteiger partial charge in [0, 0.05) is 32.4 Å². The van der Waals surface area contributed by atoms with E-state index in [9.17, 15) is 4.79 Å². The van der Waals surface area contributed by atoms with Gasteiger partial charge in [0.25, 0.3) is 5.91 Å². The molecule has 5 nitrogen and oxygen atoms in total. The van der Waals surface area contributed by atoms with E-state index in [1.807, 2.05) is 31.2 Å². The summed E-state index contributed by atoms with van der Waals surface area (Å²) in [5.74, 6) is 2.26. The van der Waals surface area contributed by atoms with Crippen LogP contribution in [-0.4, -0.2) is 49.8 Å². The molecule has 3 atom stereocenters. The smallest absolute Gasteiger partial charge is 0.256 e. The first-order valence-electron chi connectivity index (χ1n) is 10.7. The fourth-order valence-electron chi connectivity index (χ4n) is 3.99. The van der Waals surface area contributed by atoms with Crippen molar-refractivity contribution in [3.63, 3.8) is 0 Å². The largest absolute Gasteiger partial charge is 0.492 e. The minimum atomic E-state index is -0.798. The highest BCUT2D eigenvalue weighted by atomic mass is 16.5. The van der Waals surface area contributed by atoms with Gasteiger partial charge in [-0.05, 0) is 55.9 Å². The number of nitrogens with one attached hydrogen (secondary N) is 1. The molecule has 1 N–H and O–H groups in total. The molecule has 1 aliphatic rings. The van der Waals surface area contributed by atoms with Crippen molar-refractivity contribution >= 4 is 11.6 Å².